The van der Waals surface area contributed by atoms with Crippen LogP contribution < -0.4 is 10.6 Å². The zero-order valence-corrected chi connectivity index (χ0v) is 9.42. The predicted octanol–water partition coefficient (Wildman–Crippen LogP) is 0.414. The Morgan fingerprint density at radius 1 is 1.60 bits per heavy atom. The van der Waals surface area contributed by atoms with Crippen molar-refractivity contribution in [1.29, 1.82) is 0 Å². The molecule has 1 aromatic rings. The molecule has 0 aromatic carbocycles. The maximum absolute atomic E-state index is 11.7. The molecular formula is C10H18N4O. The first-order valence-corrected chi connectivity index (χ1v) is 5.08. The molecule has 1 amide bonds. The molecule has 5 heteroatoms. The van der Waals surface area contributed by atoms with Gasteiger partial charge in [0.15, 0.2) is 0 Å². The first-order valence-electron chi connectivity index (χ1n) is 5.08. The summed E-state index contributed by atoms with van der Waals surface area (Å²) < 4.78 is 0. The van der Waals surface area contributed by atoms with Crippen LogP contribution in [-0.4, -0.2) is 28.2 Å². The van der Waals surface area contributed by atoms with Gasteiger partial charge >= 0.3 is 0 Å². The third-order valence-corrected chi connectivity index (χ3v) is 2.18. The van der Waals surface area contributed by atoms with Crippen LogP contribution in [0.25, 0.3) is 0 Å². The average molecular weight is 210 g/mol. The van der Waals surface area contributed by atoms with E-state index in [1.54, 1.807) is 6.20 Å². The second-order valence-corrected chi connectivity index (χ2v) is 3.92. The Kier molecular flexibility index (Phi) is 3.85. The van der Waals surface area contributed by atoms with E-state index in [2.05, 4.69) is 20.8 Å². The van der Waals surface area contributed by atoms with Crippen LogP contribution in [0.5, 0.6) is 0 Å². The van der Waals surface area contributed by atoms with Gasteiger partial charge in [-0.3, -0.25) is 9.89 Å². The third-order valence-electron chi connectivity index (χ3n) is 2.18. The highest BCUT2D eigenvalue weighted by molar-refractivity contribution is 5.85. The van der Waals surface area contributed by atoms with E-state index >= 15 is 0 Å². The number of hydrogen-bond donors (Lipinski definition) is 3. The Morgan fingerprint density at radius 3 is 2.87 bits per heavy atom. The van der Waals surface area contributed by atoms with Crippen molar-refractivity contribution in [2.24, 2.45) is 0 Å². The lowest BCUT2D eigenvalue weighted by molar-refractivity contribution is -0.126. The Hall–Kier alpha value is -1.36. The zero-order chi connectivity index (χ0) is 11.3. The quantitative estimate of drug-likeness (QED) is 0.659. The molecule has 0 aliphatic rings. The van der Waals surface area contributed by atoms with Crippen molar-refractivity contribution in [1.82, 2.24) is 20.8 Å². The van der Waals surface area contributed by atoms with Crippen molar-refractivity contribution in [3.05, 3.63) is 18.0 Å². The van der Waals surface area contributed by atoms with Gasteiger partial charge in [0, 0.05) is 6.20 Å². The predicted molar refractivity (Wildman–Crippen MR) is 58.2 cm³/mol. The molecule has 0 spiro atoms. The molecule has 0 aliphatic carbocycles. The molecule has 5 nitrogen and oxygen atoms in total. The van der Waals surface area contributed by atoms with E-state index in [1.165, 1.54) is 0 Å². The number of nitrogens with one attached hydrogen (secondary N) is 3. The summed E-state index contributed by atoms with van der Waals surface area (Å²) in [5.74, 6) is -0.0149. The summed E-state index contributed by atoms with van der Waals surface area (Å²) in [6.07, 6.45) is 1.66. The normalized spacial score (nSPS) is 11.4. The number of carbonyl (C=O) groups is 1. The summed E-state index contributed by atoms with van der Waals surface area (Å²) in [5.41, 5.74) is 0.366. The molecule has 15 heavy (non-hydrogen) atoms. The van der Waals surface area contributed by atoms with Crippen LogP contribution in [-0.2, 0) is 11.3 Å². The maximum Gasteiger partial charge on any atom is 0.240 e. The van der Waals surface area contributed by atoms with Gasteiger partial charge < -0.3 is 10.6 Å². The van der Waals surface area contributed by atoms with Gasteiger partial charge in [0.1, 0.15) is 0 Å². The molecule has 0 fully saturated rings. The number of carbonyl (C=O) groups excluding carboxylic acids is 1. The number of rotatable bonds is 5. The lowest BCUT2D eigenvalue weighted by Crippen LogP contribution is -2.52. The first kappa shape index (κ1) is 11.7. The summed E-state index contributed by atoms with van der Waals surface area (Å²) in [6, 6.07) is 1.83. The topological polar surface area (TPSA) is 69.8 Å². The van der Waals surface area contributed by atoms with Gasteiger partial charge in [0.05, 0.1) is 17.8 Å². The molecule has 0 saturated heterocycles. The summed E-state index contributed by atoms with van der Waals surface area (Å²) in [7, 11) is 0. The fraction of sp³-hybridized carbons (Fsp3) is 0.600. The van der Waals surface area contributed by atoms with Gasteiger partial charge in [-0.15, -0.1) is 0 Å². The van der Waals surface area contributed by atoms with E-state index in [4.69, 9.17) is 0 Å². The Bertz CT molecular complexity index is 305. The molecule has 0 radical (unpaired) electrons. The standard InChI is InChI=1S/C10H18N4O/c1-4-12-10(2,3)9(15)11-7-8-5-6-13-14-8/h5-6,12H,4,7H2,1-3H3,(H,11,15)(H,13,14). The van der Waals surface area contributed by atoms with E-state index in [-0.39, 0.29) is 5.91 Å². The smallest absolute Gasteiger partial charge is 0.240 e. The lowest BCUT2D eigenvalue weighted by Gasteiger charge is -2.24. The van der Waals surface area contributed by atoms with Gasteiger partial charge in [0.2, 0.25) is 5.91 Å². The fourth-order valence-electron chi connectivity index (χ4n) is 1.30. The fourth-order valence-corrected chi connectivity index (χ4v) is 1.30. The van der Waals surface area contributed by atoms with E-state index < -0.39 is 5.54 Å². The van der Waals surface area contributed by atoms with Crippen LogP contribution in [0.4, 0.5) is 0 Å². The molecule has 1 heterocycles. The monoisotopic (exact) mass is 210 g/mol. The number of hydrogen-bond acceptors (Lipinski definition) is 3. The Labute approximate surface area is 89.6 Å². The SMILES string of the molecule is CCNC(C)(C)C(=O)NCc1ccn[nH]1. The summed E-state index contributed by atoms with van der Waals surface area (Å²) in [6.45, 7) is 6.94. The highest BCUT2D eigenvalue weighted by Crippen LogP contribution is 2.02. The summed E-state index contributed by atoms with van der Waals surface area (Å²) in [4.78, 5) is 11.7. The van der Waals surface area contributed by atoms with E-state index in [0.29, 0.717) is 6.54 Å². The van der Waals surface area contributed by atoms with Crippen LogP contribution >= 0.6 is 0 Å². The molecule has 0 bridgehead atoms. The minimum atomic E-state index is -0.533. The van der Waals surface area contributed by atoms with E-state index in [0.717, 1.165) is 12.2 Å². The van der Waals surface area contributed by atoms with Gasteiger partial charge in [-0.25, -0.2) is 0 Å². The second-order valence-electron chi connectivity index (χ2n) is 3.92. The number of amides is 1. The number of likely N-dealkylation sites (N-methyl/N-ethyl adjacent to an activating group) is 1. The highest BCUT2D eigenvalue weighted by atomic mass is 16.2. The summed E-state index contributed by atoms with van der Waals surface area (Å²) in [5, 5.41) is 12.5. The third kappa shape index (κ3) is 3.36. The number of aromatic amines is 1. The summed E-state index contributed by atoms with van der Waals surface area (Å²) >= 11 is 0. The van der Waals surface area contributed by atoms with E-state index in [9.17, 15) is 4.79 Å². The second kappa shape index (κ2) is 4.93. The van der Waals surface area contributed by atoms with E-state index in [1.807, 2.05) is 26.8 Å². The van der Waals surface area contributed by atoms with Gasteiger partial charge in [0.25, 0.3) is 0 Å². The van der Waals surface area contributed by atoms with Crippen LogP contribution in [0.15, 0.2) is 12.3 Å². The highest BCUT2D eigenvalue weighted by Gasteiger charge is 2.25. The van der Waals surface area contributed by atoms with Crippen LogP contribution in [0, 0.1) is 0 Å². The molecule has 0 unspecified atom stereocenters. The molecular weight excluding hydrogens is 192 g/mol. The van der Waals surface area contributed by atoms with Crippen molar-refractivity contribution in [3.8, 4) is 0 Å². The minimum absolute atomic E-state index is 0.0149. The molecule has 3 N–H and O–H groups in total. The van der Waals surface area contributed by atoms with Gasteiger partial charge in [-0.1, -0.05) is 6.92 Å². The molecule has 0 aliphatic heterocycles. The molecule has 1 aromatic heterocycles. The Balaban J connectivity index is 2.42. The molecule has 0 saturated carbocycles. The first-order chi connectivity index (χ1) is 7.06. The average Bonchev–Trinajstić information content (AvgIpc) is 2.66. The van der Waals surface area contributed by atoms with Crippen molar-refractivity contribution in [2.75, 3.05) is 6.54 Å². The largest absolute Gasteiger partial charge is 0.349 e. The zero-order valence-electron chi connectivity index (χ0n) is 9.42. The number of H-pyrrole nitrogens is 1. The number of nitrogens with zero attached hydrogens (tertiary/aromatic N) is 1. The van der Waals surface area contributed by atoms with Crippen molar-refractivity contribution < 1.29 is 4.79 Å². The minimum Gasteiger partial charge on any atom is -0.349 e. The molecule has 0 atom stereocenters. The maximum atomic E-state index is 11.7. The number of aromatic nitrogens is 2. The molecule has 1 rings (SSSR count). The van der Waals surface area contributed by atoms with Crippen LogP contribution in [0.2, 0.25) is 0 Å². The van der Waals surface area contributed by atoms with Crippen LogP contribution in [0.1, 0.15) is 26.5 Å². The van der Waals surface area contributed by atoms with Crippen molar-refractivity contribution >= 4 is 5.91 Å². The lowest BCUT2D eigenvalue weighted by atomic mass is 10.0. The van der Waals surface area contributed by atoms with Gasteiger partial charge in [-0.2, -0.15) is 5.10 Å². The Morgan fingerprint density at radius 2 is 2.33 bits per heavy atom. The van der Waals surface area contributed by atoms with Gasteiger partial charge in [-0.05, 0) is 26.5 Å². The molecule has 84 valence electrons. The van der Waals surface area contributed by atoms with Crippen molar-refractivity contribution in [2.45, 2.75) is 32.9 Å². The van der Waals surface area contributed by atoms with Crippen molar-refractivity contribution in [3.63, 3.8) is 0 Å². The van der Waals surface area contributed by atoms with Crippen LogP contribution in [0.3, 0.4) is 0 Å².